The van der Waals surface area contributed by atoms with Gasteiger partial charge in [0.15, 0.2) is 0 Å². The van der Waals surface area contributed by atoms with Gasteiger partial charge in [-0.05, 0) is 47.9 Å². The summed E-state index contributed by atoms with van der Waals surface area (Å²) >= 11 is 1.82. The topological polar surface area (TPSA) is 25.2 Å². The van der Waals surface area contributed by atoms with Crippen molar-refractivity contribution in [2.75, 3.05) is 0 Å². The Hall–Kier alpha value is -1.58. The van der Waals surface area contributed by atoms with E-state index in [0.29, 0.717) is 6.04 Å². The molecule has 0 fully saturated rings. The molecular weight excluding hydrogens is 266 g/mol. The van der Waals surface area contributed by atoms with Crippen LogP contribution >= 0.6 is 11.3 Å². The van der Waals surface area contributed by atoms with E-state index in [4.69, 9.17) is 4.42 Å². The first kappa shape index (κ1) is 13.4. The summed E-state index contributed by atoms with van der Waals surface area (Å²) in [6.45, 7) is 3.17. The molecule has 0 spiro atoms. The molecule has 0 aliphatic heterocycles. The molecule has 1 N–H and O–H groups in total. The molecule has 2 heterocycles. The molecule has 0 saturated heterocycles. The molecular formula is C17H19NOS. The Bertz CT molecular complexity index is 657. The van der Waals surface area contributed by atoms with Crippen LogP contribution in [-0.2, 0) is 13.0 Å². The van der Waals surface area contributed by atoms with Crippen LogP contribution in [0.2, 0.25) is 0 Å². The van der Waals surface area contributed by atoms with E-state index in [1.165, 1.54) is 15.6 Å². The predicted molar refractivity (Wildman–Crippen MR) is 85.2 cm³/mol. The van der Waals surface area contributed by atoms with Crippen LogP contribution in [0.5, 0.6) is 0 Å². The Kier molecular flexibility index (Phi) is 4.19. The fraction of sp³-hybridized carbons (Fsp3) is 0.294. The molecule has 0 radical (unpaired) electrons. The van der Waals surface area contributed by atoms with Crippen molar-refractivity contribution in [2.24, 2.45) is 0 Å². The van der Waals surface area contributed by atoms with Crippen molar-refractivity contribution in [3.63, 3.8) is 0 Å². The number of thiophene rings is 1. The minimum Gasteiger partial charge on any atom is -0.469 e. The molecule has 0 bridgehead atoms. The van der Waals surface area contributed by atoms with E-state index < -0.39 is 0 Å². The first-order valence-electron chi connectivity index (χ1n) is 7.04. The molecule has 1 unspecified atom stereocenters. The second-order valence-corrected chi connectivity index (χ2v) is 6.07. The van der Waals surface area contributed by atoms with E-state index in [0.717, 1.165) is 25.1 Å². The van der Waals surface area contributed by atoms with Gasteiger partial charge in [-0.3, -0.25) is 0 Å². The number of fused-ring (bicyclic) bond motifs is 1. The molecule has 1 aromatic carbocycles. The number of hydrogen-bond donors (Lipinski definition) is 1. The molecule has 3 aromatic rings. The Morgan fingerprint density at radius 2 is 2.10 bits per heavy atom. The maximum absolute atomic E-state index is 5.37. The lowest BCUT2D eigenvalue weighted by molar-refractivity contribution is 0.460. The highest BCUT2D eigenvalue weighted by Gasteiger charge is 2.07. The Morgan fingerprint density at radius 1 is 1.20 bits per heavy atom. The van der Waals surface area contributed by atoms with E-state index in [1.54, 1.807) is 6.26 Å². The first-order valence-corrected chi connectivity index (χ1v) is 7.92. The smallest absolute Gasteiger partial charge is 0.103 e. The van der Waals surface area contributed by atoms with Gasteiger partial charge in [0.1, 0.15) is 5.76 Å². The molecule has 0 saturated carbocycles. The third-order valence-corrected chi connectivity index (χ3v) is 4.62. The summed E-state index contributed by atoms with van der Waals surface area (Å²) in [4.78, 5) is 0. The van der Waals surface area contributed by atoms with Crippen molar-refractivity contribution < 1.29 is 4.42 Å². The zero-order valence-corrected chi connectivity index (χ0v) is 12.5. The number of hydrogen-bond acceptors (Lipinski definition) is 3. The third-order valence-electron chi connectivity index (χ3n) is 3.61. The summed E-state index contributed by atoms with van der Waals surface area (Å²) in [7, 11) is 0. The Morgan fingerprint density at radius 3 is 2.95 bits per heavy atom. The highest BCUT2D eigenvalue weighted by Crippen LogP contribution is 2.25. The molecule has 0 amide bonds. The summed E-state index contributed by atoms with van der Waals surface area (Å²) in [5.41, 5.74) is 1.40. The van der Waals surface area contributed by atoms with Gasteiger partial charge < -0.3 is 9.73 Å². The zero-order chi connectivity index (χ0) is 13.8. The molecule has 2 aromatic heterocycles. The van der Waals surface area contributed by atoms with E-state index in [1.807, 2.05) is 23.5 Å². The average Bonchev–Trinajstić information content (AvgIpc) is 3.12. The molecule has 2 nitrogen and oxygen atoms in total. The number of benzene rings is 1. The monoisotopic (exact) mass is 285 g/mol. The predicted octanol–water partition coefficient (Wildman–Crippen LogP) is 4.61. The van der Waals surface area contributed by atoms with Crippen LogP contribution in [-0.4, -0.2) is 6.04 Å². The molecule has 3 heteroatoms. The first-order chi connectivity index (χ1) is 9.83. The SMILES string of the molecule is CC(CCc1ccco1)NCc1csc2ccccc12. The maximum atomic E-state index is 5.37. The molecule has 0 aliphatic rings. The zero-order valence-electron chi connectivity index (χ0n) is 11.6. The van der Waals surface area contributed by atoms with Gasteiger partial charge in [0.2, 0.25) is 0 Å². The normalized spacial score (nSPS) is 12.8. The Labute approximate surface area is 123 Å². The minimum atomic E-state index is 0.485. The molecule has 104 valence electrons. The van der Waals surface area contributed by atoms with Gasteiger partial charge in [0, 0.05) is 23.7 Å². The van der Waals surface area contributed by atoms with Crippen LogP contribution in [0.25, 0.3) is 10.1 Å². The lowest BCUT2D eigenvalue weighted by Crippen LogP contribution is -2.25. The second-order valence-electron chi connectivity index (χ2n) is 5.16. The van der Waals surface area contributed by atoms with Crippen molar-refractivity contribution in [2.45, 2.75) is 32.4 Å². The summed E-state index contributed by atoms with van der Waals surface area (Å²) in [5, 5.41) is 7.24. The van der Waals surface area contributed by atoms with Crippen LogP contribution in [0, 0.1) is 0 Å². The fourth-order valence-corrected chi connectivity index (χ4v) is 3.33. The summed E-state index contributed by atoms with van der Waals surface area (Å²) in [6.07, 6.45) is 3.83. The minimum absolute atomic E-state index is 0.485. The van der Waals surface area contributed by atoms with Crippen molar-refractivity contribution >= 4 is 21.4 Å². The van der Waals surface area contributed by atoms with Crippen molar-refractivity contribution in [3.05, 3.63) is 59.4 Å². The quantitative estimate of drug-likeness (QED) is 0.715. The Balaban J connectivity index is 1.53. The lowest BCUT2D eigenvalue weighted by Gasteiger charge is -2.12. The standard InChI is InChI=1S/C17H19NOS/c1-13(8-9-15-5-4-10-19-15)18-11-14-12-20-17-7-3-2-6-16(14)17/h2-7,10,12-13,18H,8-9,11H2,1H3. The number of furan rings is 1. The van der Waals surface area contributed by atoms with E-state index in [2.05, 4.69) is 41.9 Å². The van der Waals surface area contributed by atoms with E-state index in [9.17, 15) is 0 Å². The molecule has 3 rings (SSSR count). The third kappa shape index (κ3) is 3.11. The van der Waals surface area contributed by atoms with Crippen LogP contribution in [0.15, 0.2) is 52.5 Å². The van der Waals surface area contributed by atoms with Gasteiger partial charge in [0.25, 0.3) is 0 Å². The lowest BCUT2D eigenvalue weighted by atomic mass is 10.1. The summed E-state index contributed by atoms with van der Waals surface area (Å²) in [5.74, 6) is 1.07. The van der Waals surface area contributed by atoms with Gasteiger partial charge >= 0.3 is 0 Å². The molecule has 20 heavy (non-hydrogen) atoms. The number of rotatable bonds is 6. The second kappa shape index (κ2) is 6.25. The largest absolute Gasteiger partial charge is 0.469 e. The van der Waals surface area contributed by atoms with Crippen LogP contribution < -0.4 is 5.32 Å². The average molecular weight is 285 g/mol. The van der Waals surface area contributed by atoms with E-state index in [-0.39, 0.29) is 0 Å². The van der Waals surface area contributed by atoms with Gasteiger partial charge in [-0.2, -0.15) is 0 Å². The van der Waals surface area contributed by atoms with Gasteiger partial charge in [-0.15, -0.1) is 11.3 Å². The van der Waals surface area contributed by atoms with Crippen molar-refractivity contribution in [1.82, 2.24) is 5.32 Å². The van der Waals surface area contributed by atoms with Crippen LogP contribution in [0.3, 0.4) is 0 Å². The molecule has 1 atom stereocenters. The van der Waals surface area contributed by atoms with Crippen molar-refractivity contribution in [1.29, 1.82) is 0 Å². The molecule has 0 aliphatic carbocycles. The maximum Gasteiger partial charge on any atom is 0.103 e. The highest BCUT2D eigenvalue weighted by molar-refractivity contribution is 7.17. The van der Waals surface area contributed by atoms with Crippen molar-refractivity contribution in [3.8, 4) is 0 Å². The summed E-state index contributed by atoms with van der Waals surface area (Å²) in [6, 6.07) is 13.1. The van der Waals surface area contributed by atoms with Crippen LogP contribution in [0.4, 0.5) is 0 Å². The van der Waals surface area contributed by atoms with Gasteiger partial charge in [0.05, 0.1) is 6.26 Å². The van der Waals surface area contributed by atoms with Gasteiger partial charge in [-0.25, -0.2) is 0 Å². The van der Waals surface area contributed by atoms with Gasteiger partial charge in [-0.1, -0.05) is 18.2 Å². The highest BCUT2D eigenvalue weighted by atomic mass is 32.1. The summed E-state index contributed by atoms with van der Waals surface area (Å²) < 4.78 is 6.73. The number of aryl methyl sites for hydroxylation is 1. The van der Waals surface area contributed by atoms with Crippen LogP contribution in [0.1, 0.15) is 24.7 Å². The fourth-order valence-electron chi connectivity index (χ4n) is 2.37. The number of nitrogens with one attached hydrogen (secondary N) is 1. The van der Waals surface area contributed by atoms with E-state index >= 15 is 0 Å².